The van der Waals surface area contributed by atoms with Gasteiger partial charge in [0.15, 0.2) is 11.0 Å². The van der Waals surface area contributed by atoms with Gasteiger partial charge in [0.05, 0.1) is 11.7 Å². The number of aromatic nitrogens is 2. The van der Waals surface area contributed by atoms with E-state index in [1.807, 2.05) is 11.8 Å². The highest BCUT2D eigenvalue weighted by molar-refractivity contribution is 7.99. The van der Waals surface area contributed by atoms with E-state index in [0.717, 1.165) is 30.4 Å². The van der Waals surface area contributed by atoms with E-state index >= 15 is 0 Å². The number of anilines is 1. The first-order valence-corrected chi connectivity index (χ1v) is 5.95. The van der Waals surface area contributed by atoms with Crippen molar-refractivity contribution in [1.82, 2.24) is 8.75 Å². The minimum atomic E-state index is 0.548. The average molecular weight is 222 g/mol. The molecule has 2 heterocycles. The van der Waals surface area contributed by atoms with Crippen LogP contribution in [0.25, 0.3) is 0 Å². The van der Waals surface area contributed by atoms with Crippen LogP contribution >= 0.6 is 35.1 Å². The summed E-state index contributed by atoms with van der Waals surface area (Å²) in [5.74, 6) is 3.18. The summed E-state index contributed by atoms with van der Waals surface area (Å²) in [4.78, 5) is 2.20. The highest BCUT2D eigenvalue weighted by Gasteiger charge is 2.16. The fourth-order valence-corrected chi connectivity index (χ4v) is 2.82. The second kappa shape index (κ2) is 3.81. The van der Waals surface area contributed by atoms with Crippen LogP contribution in [0.3, 0.4) is 0 Å². The zero-order chi connectivity index (χ0) is 8.39. The lowest BCUT2D eigenvalue weighted by molar-refractivity contribution is 0.846. The van der Waals surface area contributed by atoms with Crippen LogP contribution in [0.2, 0.25) is 5.15 Å². The van der Waals surface area contributed by atoms with E-state index in [-0.39, 0.29) is 0 Å². The quantitative estimate of drug-likeness (QED) is 0.723. The highest BCUT2D eigenvalue weighted by Crippen LogP contribution is 2.24. The van der Waals surface area contributed by atoms with Gasteiger partial charge in [-0.25, -0.2) is 0 Å². The minimum Gasteiger partial charge on any atom is -0.352 e. The smallest absolute Gasteiger partial charge is 0.187 e. The first-order chi connectivity index (χ1) is 5.88. The standard InChI is InChI=1S/C6H8ClN3S2/c7-5-6(9-12-8-5)10-1-3-11-4-2-10/h1-4H2. The summed E-state index contributed by atoms with van der Waals surface area (Å²) in [7, 11) is 0. The van der Waals surface area contributed by atoms with Crippen LogP contribution in [0.4, 0.5) is 5.82 Å². The lowest BCUT2D eigenvalue weighted by Crippen LogP contribution is -2.32. The Balaban J connectivity index is 2.13. The van der Waals surface area contributed by atoms with Crippen molar-refractivity contribution in [1.29, 1.82) is 0 Å². The first kappa shape index (κ1) is 8.59. The van der Waals surface area contributed by atoms with Gasteiger partial charge in [-0.2, -0.15) is 20.5 Å². The van der Waals surface area contributed by atoms with E-state index in [2.05, 4.69) is 13.6 Å². The van der Waals surface area contributed by atoms with Crippen molar-refractivity contribution in [3.05, 3.63) is 5.15 Å². The normalized spacial score (nSPS) is 18.2. The molecule has 0 saturated carbocycles. The molecule has 12 heavy (non-hydrogen) atoms. The summed E-state index contributed by atoms with van der Waals surface area (Å²) in [5, 5.41) is 0.548. The predicted octanol–water partition coefficient (Wildman–Crippen LogP) is 1.74. The van der Waals surface area contributed by atoms with Crippen LogP contribution in [0, 0.1) is 0 Å². The Hall–Kier alpha value is -0.000000000000000111. The molecule has 0 aromatic carbocycles. The maximum atomic E-state index is 5.86. The molecular formula is C6H8ClN3S2. The molecule has 0 atom stereocenters. The highest BCUT2D eigenvalue weighted by atomic mass is 35.5. The molecule has 0 spiro atoms. The number of rotatable bonds is 1. The molecule has 0 bridgehead atoms. The lowest BCUT2D eigenvalue weighted by atomic mass is 10.5. The summed E-state index contributed by atoms with van der Waals surface area (Å²) in [5.41, 5.74) is 0. The van der Waals surface area contributed by atoms with E-state index in [0.29, 0.717) is 5.15 Å². The van der Waals surface area contributed by atoms with Gasteiger partial charge in [0, 0.05) is 24.6 Å². The second-order valence-corrected chi connectivity index (χ2v) is 4.59. The third kappa shape index (κ3) is 1.67. The van der Waals surface area contributed by atoms with Crippen LogP contribution in [0.5, 0.6) is 0 Å². The Kier molecular flexibility index (Phi) is 2.73. The fraction of sp³-hybridized carbons (Fsp3) is 0.667. The number of halogens is 1. The predicted molar refractivity (Wildman–Crippen MR) is 54.5 cm³/mol. The maximum absolute atomic E-state index is 5.86. The SMILES string of the molecule is Clc1nsnc1N1CCSCC1. The molecule has 0 unspecified atom stereocenters. The van der Waals surface area contributed by atoms with Crippen molar-refractivity contribution in [2.24, 2.45) is 0 Å². The zero-order valence-electron chi connectivity index (χ0n) is 6.36. The molecule has 3 nitrogen and oxygen atoms in total. The topological polar surface area (TPSA) is 29.0 Å². The molecule has 1 aliphatic heterocycles. The molecule has 1 aromatic heterocycles. The Morgan fingerprint density at radius 3 is 2.58 bits per heavy atom. The first-order valence-electron chi connectivity index (χ1n) is 3.68. The van der Waals surface area contributed by atoms with Gasteiger partial charge in [-0.05, 0) is 0 Å². The van der Waals surface area contributed by atoms with Crippen LogP contribution in [0.1, 0.15) is 0 Å². The van der Waals surface area contributed by atoms with Crippen molar-refractivity contribution >= 4 is 40.9 Å². The third-order valence-electron chi connectivity index (χ3n) is 1.74. The van der Waals surface area contributed by atoms with Crippen LogP contribution in [-0.2, 0) is 0 Å². The van der Waals surface area contributed by atoms with E-state index in [1.54, 1.807) is 0 Å². The van der Waals surface area contributed by atoms with Gasteiger partial charge >= 0.3 is 0 Å². The summed E-state index contributed by atoms with van der Waals surface area (Å²) < 4.78 is 8.09. The van der Waals surface area contributed by atoms with Gasteiger partial charge in [0.1, 0.15) is 0 Å². The molecule has 0 N–H and O–H groups in total. The molecule has 0 radical (unpaired) electrons. The van der Waals surface area contributed by atoms with Gasteiger partial charge in [-0.1, -0.05) is 11.6 Å². The zero-order valence-corrected chi connectivity index (χ0v) is 8.75. The van der Waals surface area contributed by atoms with Gasteiger partial charge in [0.2, 0.25) is 0 Å². The van der Waals surface area contributed by atoms with Gasteiger partial charge < -0.3 is 4.90 Å². The van der Waals surface area contributed by atoms with E-state index < -0.39 is 0 Å². The molecule has 1 aliphatic rings. The van der Waals surface area contributed by atoms with Crippen LogP contribution in [-0.4, -0.2) is 33.3 Å². The van der Waals surface area contributed by atoms with Crippen LogP contribution < -0.4 is 4.90 Å². The van der Waals surface area contributed by atoms with Gasteiger partial charge in [-0.15, -0.1) is 0 Å². The maximum Gasteiger partial charge on any atom is 0.187 e. The summed E-state index contributed by atoms with van der Waals surface area (Å²) in [6.45, 7) is 2.08. The lowest BCUT2D eigenvalue weighted by Gasteiger charge is -2.25. The fourth-order valence-electron chi connectivity index (χ4n) is 1.14. The van der Waals surface area contributed by atoms with Crippen LogP contribution in [0.15, 0.2) is 0 Å². The molecule has 1 fully saturated rings. The van der Waals surface area contributed by atoms with Crippen molar-refractivity contribution in [2.75, 3.05) is 29.5 Å². The molecule has 1 saturated heterocycles. The van der Waals surface area contributed by atoms with E-state index in [9.17, 15) is 0 Å². The van der Waals surface area contributed by atoms with Crippen molar-refractivity contribution in [3.63, 3.8) is 0 Å². The van der Waals surface area contributed by atoms with Crippen molar-refractivity contribution in [3.8, 4) is 0 Å². The largest absolute Gasteiger partial charge is 0.352 e. The van der Waals surface area contributed by atoms with Crippen molar-refractivity contribution in [2.45, 2.75) is 0 Å². The molecule has 0 amide bonds. The summed E-state index contributed by atoms with van der Waals surface area (Å²) in [6, 6.07) is 0. The summed E-state index contributed by atoms with van der Waals surface area (Å²) >= 11 is 9.01. The molecular weight excluding hydrogens is 214 g/mol. The van der Waals surface area contributed by atoms with Crippen molar-refractivity contribution < 1.29 is 0 Å². The third-order valence-corrected chi connectivity index (χ3v) is 3.56. The number of nitrogens with zero attached hydrogens (tertiary/aromatic N) is 3. The molecule has 2 rings (SSSR count). The Morgan fingerprint density at radius 2 is 2.00 bits per heavy atom. The Morgan fingerprint density at radius 1 is 1.25 bits per heavy atom. The molecule has 0 aliphatic carbocycles. The van der Waals surface area contributed by atoms with E-state index in [1.165, 1.54) is 11.7 Å². The number of thioether (sulfide) groups is 1. The van der Waals surface area contributed by atoms with Gasteiger partial charge in [-0.3, -0.25) is 0 Å². The number of hydrogen-bond donors (Lipinski definition) is 0. The second-order valence-electron chi connectivity index (χ2n) is 2.48. The molecule has 6 heteroatoms. The summed E-state index contributed by atoms with van der Waals surface area (Å²) in [6.07, 6.45) is 0. The minimum absolute atomic E-state index is 0.548. The van der Waals surface area contributed by atoms with E-state index in [4.69, 9.17) is 11.6 Å². The Bertz CT molecular complexity index is 259. The molecule has 66 valence electrons. The van der Waals surface area contributed by atoms with Gasteiger partial charge in [0.25, 0.3) is 0 Å². The molecule has 1 aromatic rings. The number of hydrogen-bond acceptors (Lipinski definition) is 5. The average Bonchev–Trinajstić information content (AvgIpc) is 2.53. The Labute approximate surface area is 84.4 Å². The monoisotopic (exact) mass is 221 g/mol.